The molecule has 1 unspecified atom stereocenters. The van der Waals surface area contributed by atoms with Gasteiger partial charge in [-0.1, -0.05) is 0 Å². The lowest BCUT2D eigenvalue weighted by atomic mass is 10.0. The summed E-state index contributed by atoms with van der Waals surface area (Å²) >= 11 is 1.69. The zero-order valence-electron chi connectivity index (χ0n) is 13.1. The van der Waals surface area contributed by atoms with Gasteiger partial charge in [-0.2, -0.15) is 0 Å². The fourth-order valence-electron chi connectivity index (χ4n) is 3.16. The van der Waals surface area contributed by atoms with Crippen LogP contribution in [0.2, 0.25) is 0 Å². The molecule has 1 aliphatic rings. The van der Waals surface area contributed by atoms with Crippen LogP contribution in [0.1, 0.15) is 25.5 Å². The van der Waals surface area contributed by atoms with Gasteiger partial charge in [-0.3, -0.25) is 4.40 Å². The third kappa shape index (κ3) is 2.93. The van der Waals surface area contributed by atoms with Gasteiger partial charge in [0, 0.05) is 43.2 Å². The predicted octanol–water partition coefficient (Wildman–Crippen LogP) is 1.82. The molecule has 0 aliphatic carbocycles. The number of nitrogens with two attached hydrogens (primary N) is 1. The van der Waals surface area contributed by atoms with Crippen LogP contribution < -0.4 is 10.6 Å². The maximum atomic E-state index is 6.04. The normalized spacial score (nSPS) is 18.8. The average Bonchev–Trinajstić information content (AvgIpc) is 3.01. The van der Waals surface area contributed by atoms with E-state index in [9.17, 15) is 0 Å². The number of hydrogen-bond donors (Lipinski definition) is 1. The van der Waals surface area contributed by atoms with Gasteiger partial charge in [-0.15, -0.1) is 11.3 Å². The highest BCUT2D eigenvalue weighted by Gasteiger charge is 2.25. The Bertz CT molecular complexity index is 592. The lowest BCUT2D eigenvalue weighted by Gasteiger charge is -2.35. The third-order valence-electron chi connectivity index (χ3n) is 4.35. The van der Waals surface area contributed by atoms with Crippen molar-refractivity contribution in [1.82, 2.24) is 14.3 Å². The molecule has 0 amide bonds. The highest BCUT2D eigenvalue weighted by Crippen LogP contribution is 2.28. The summed E-state index contributed by atoms with van der Waals surface area (Å²) in [6.07, 6.45) is 5.40. The predicted molar refractivity (Wildman–Crippen MR) is 89.3 cm³/mol. The lowest BCUT2D eigenvalue weighted by molar-refractivity contribution is 0.249. The van der Waals surface area contributed by atoms with Crippen molar-refractivity contribution >= 4 is 22.1 Å². The minimum Gasteiger partial charge on any atom is -0.355 e. The van der Waals surface area contributed by atoms with Crippen molar-refractivity contribution in [2.24, 2.45) is 5.73 Å². The van der Waals surface area contributed by atoms with Crippen LogP contribution >= 0.6 is 11.3 Å². The zero-order valence-corrected chi connectivity index (χ0v) is 13.9. The van der Waals surface area contributed by atoms with E-state index in [4.69, 9.17) is 10.7 Å². The second-order valence-corrected chi connectivity index (χ2v) is 7.17. The zero-order chi connectivity index (χ0) is 15.0. The van der Waals surface area contributed by atoms with Crippen LogP contribution in [0.15, 0.2) is 11.6 Å². The molecule has 0 radical (unpaired) electrons. The van der Waals surface area contributed by atoms with Gasteiger partial charge >= 0.3 is 0 Å². The number of imidazole rings is 1. The maximum absolute atomic E-state index is 6.04. The minimum atomic E-state index is 0.155. The first-order valence-corrected chi connectivity index (χ1v) is 8.55. The Kier molecular flexibility index (Phi) is 4.19. The molecule has 1 atom stereocenters. The van der Waals surface area contributed by atoms with Crippen molar-refractivity contribution in [3.05, 3.63) is 17.3 Å². The SMILES string of the molecule is CC(N)Cc1c(N2CCC(N(C)C)CC2)nc2sccn12. The summed E-state index contributed by atoms with van der Waals surface area (Å²) in [5.41, 5.74) is 7.31. The van der Waals surface area contributed by atoms with E-state index in [1.54, 1.807) is 11.3 Å². The number of anilines is 1. The molecular weight excluding hydrogens is 282 g/mol. The number of fused-ring (bicyclic) bond motifs is 1. The number of nitrogens with zero attached hydrogens (tertiary/aromatic N) is 4. The minimum absolute atomic E-state index is 0.155. The molecule has 1 saturated heterocycles. The van der Waals surface area contributed by atoms with Gasteiger partial charge in [0.2, 0.25) is 0 Å². The van der Waals surface area contributed by atoms with Gasteiger partial charge in [0.25, 0.3) is 0 Å². The number of aromatic nitrogens is 2. The molecule has 0 bridgehead atoms. The largest absolute Gasteiger partial charge is 0.355 e. The van der Waals surface area contributed by atoms with Gasteiger partial charge in [-0.05, 0) is 33.9 Å². The highest BCUT2D eigenvalue weighted by atomic mass is 32.1. The molecule has 6 heteroatoms. The molecule has 5 nitrogen and oxygen atoms in total. The van der Waals surface area contributed by atoms with Gasteiger partial charge in [-0.25, -0.2) is 4.98 Å². The number of hydrogen-bond acceptors (Lipinski definition) is 5. The van der Waals surface area contributed by atoms with Crippen LogP contribution in [0.25, 0.3) is 4.96 Å². The molecule has 1 fully saturated rings. The second kappa shape index (κ2) is 5.94. The molecular formula is C15H25N5S. The summed E-state index contributed by atoms with van der Waals surface area (Å²) < 4.78 is 2.21. The van der Waals surface area contributed by atoms with E-state index < -0.39 is 0 Å². The molecule has 0 spiro atoms. The summed E-state index contributed by atoms with van der Waals surface area (Å²) in [7, 11) is 4.35. The first-order chi connectivity index (χ1) is 10.1. The standard InChI is InChI=1S/C15H25N5S/c1-11(16)10-13-14(17-15-20(13)8-9-21-15)19-6-4-12(5-7-19)18(2)3/h8-9,11-12H,4-7,10,16H2,1-3H3. The van der Waals surface area contributed by atoms with E-state index in [0.29, 0.717) is 6.04 Å². The third-order valence-corrected chi connectivity index (χ3v) is 5.11. The Morgan fingerprint density at radius 2 is 2.14 bits per heavy atom. The highest BCUT2D eigenvalue weighted by molar-refractivity contribution is 7.15. The molecule has 0 saturated carbocycles. The van der Waals surface area contributed by atoms with Crippen molar-refractivity contribution in [3.8, 4) is 0 Å². The molecule has 2 aromatic rings. The molecule has 2 N–H and O–H groups in total. The summed E-state index contributed by atoms with van der Waals surface area (Å²) in [5.74, 6) is 1.15. The molecule has 3 rings (SSSR count). The molecule has 21 heavy (non-hydrogen) atoms. The maximum Gasteiger partial charge on any atom is 0.195 e. The Morgan fingerprint density at radius 3 is 2.76 bits per heavy atom. The van der Waals surface area contributed by atoms with Gasteiger partial charge in [0.1, 0.15) is 0 Å². The fraction of sp³-hybridized carbons (Fsp3) is 0.667. The Labute approximate surface area is 130 Å². The Hall–Kier alpha value is -1.11. The lowest BCUT2D eigenvalue weighted by Crippen LogP contribution is -2.42. The number of piperidine rings is 1. The first kappa shape index (κ1) is 14.8. The van der Waals surface area contributed by atoms with Crippen molar-refractivity contribution < 1.29 is 0 Å². The van der Waals surface area contributed by atoms with Crippen LogP contribution in [0.3, 0.4) is 0 Å². The molecule has 2 aromatic heterocycles. The van der Waals surface area contributed by atoms with Crippen LogP contribution in [0.4, 0.5) is 5.82 Å². The average molecular weight is 307 g/mol. The van der Waals surface area contributed by atoms with Crippen LogP contribution in [-0.2, 0) is 6.42 Å². The van der Waals surface area contributed by atoms with Crippen molar-refractivity contribution in [2.45, 2.75) is 38.3 Å². The van der Waals surface area contributed by atoms with E-state index in [-0.39, 0.29) is 6.04 Å². The van der Waals surface area contributed by atoms with Gasteiger partial charge in [0.05, 0.1) is 5.69 Å². The summed E-state index contributed by atoms with van der Waals surface area (Å²) in [4.78, 5) is 10.7. The fourth-order valence-corrected chi connectivity index (χ4v) is 3.89. The first-order valence-electron chi connectivity index (χ1n) is 7.67. The number of rotatable bonds is 4. The molecule has 1 aliphatic heterocycles. The van der Waals surface area contributed by atoms with E-state index in [2.05, 4.69) is 46.8 Å². The monoisotopic (exact) mass is 307 g/mol. The van der Waals surface area contributed by atoms with Gasteiger partial charge in [0.15, 0.2) is 10.8 Å². The number of thiazole rings is 1. The van der Waals surface area contributed by atoms with Gasteiger partial charge < -0.3 is 15.5 Å². The van der Waals surface area contributed by atoms with E-state index in [1.807, 2.05) is 0 Å². The Balaban J connectivity index is 1.85. The smallest absolute Gasteiger partial charge is 0.195 e. The second-order valence-electron chi connectivity index (χ2n) is 6.30. The topological polar surface area (TPSA) is 49.8 Å². The Morgan fingerprint density at radius 1 is 1.43 bits per heavy atom. The van der Waals surface area contributed by atoms with Crippen LogP contribution in [0, 0.1) is 0 Å². The molecule has 116 valence electrons. The van der Waals surface area contributed by atoms with Crippen molar-refractivity contribution in [1.29, 1.82) is 0 Å². The van der Waals surface area contributed by atoms with Crippen molar-refractivity contribution in [3.63, 3.8) is 0 Å². The van der Waals surface area contributed by atoms with E-state index in [0.717, 1.165) is 30.3 Å². The quantitative estimate of drug-likeness (QED) is 0.936. The summed E-state index contributed by atoms with van der Waals surface area (Å²) in [6.45, 7) is 4.23. The van der Waals surface area contributed by atoms with Crippen molar-refractivity contribution in [2.75, 3.05) is 32.1 Å². The van der Waals surface area contributed by atoms with E-state index in [1.165, 1.54) is 18.5 Å². The summed E-state index contributed by atoms with van der Waals surface area (Å²) in [6, 6.07) is 0.852. The molecule has 0 aromatic carbocycles. The molecule has 3 heterocycles. The summed E-state index contributed by atoms with van der Waals surface area (Å²) in [5, 5.41) is 2.09. The van der Waals surface area contributed by atoms with Crippen LogP contribution in [-0.4, -0.2) is 53.6 Å². The van der Waals surface area contributed by atoms with E-state index >= 15 is 0 Å². The van der Waals surface area contributed by atoms with Crippen LogP contribution in [0.5, 0.6) is 0 Å².